The Morgan fingerprint density at radius 3 is 2.48 bits per heavy atom. The van der Waals surface area contributed by atoms with E-state index in [-0.39, 0.29) is 29.3 Å². The maximum absolute atomic E-state index is 13.0. The van der Waals surface area contributed by atoms with Crippen molar-refractivity contribution in [2.45, 2.75) is 37.1 Å². The summed E-state index contributed by atoms with van der Waals surface area (Å²) in [5, 5.41) is 3.10. The fourth-order valence-corrected chi connectivity index (χ4v) is 5.19. The zero-order valence-corrected chi connectivity index (χ0v) is 17.7. The van der Waals surface area contributed by atoms with E-state index in [2.05, 4.69) is 5.32 Å². The molecule has 6 nitrogen and oxygen atoms in total. The molecule has 0 aromatic heterocycles. The SMILES string of the molecule is CCC(NC(=O)C1CCCN(S(=O)(=O)c2ccc(OC)cc2)C1)c1ccccc1. The van der Waals surface area contributed by atoms with Crippen LogP contribution in [0.5, 0.6) is 5.75 Å². The van der Waals surface area contributed by atoms with E-state index in [9.17, 15) is 13.2 Å². The third-order valence-corrected chi connectivity index (χ3v) is 7.26. The zero-order valence-electron chi connectivity index (χ0n) is 16.9. The summed E-state index contributed by atoms with van der Waals surface area (Å²) in [5.74, 6) is 0.163. The molecule has 0 radical (unpaired) electrons. The predicted molar refractivity (Wildman–Crippen MR) is 112 cm³/mol. The minimum absolute atomic E-state index is 0.0720. The molecule has 156 valence electrons. The molecule has 7 heteroatoms. The maximum atomic E-state index is 13.0. The third-order valence-electron chi connectivity index (χ3n) is 5.38. The minimum atomic E-state index is -3.64. The number of sulfonamides is 1. The molecular weight excluding hydrogens is 388 g/mol. The third kappa shape index (κ3) is 4.97. The number of amides is 1. The Labute approximate surface area is 172 Å². The number of ether oxygens (including phenoxy) is 1. The number of carbonyl (C=O) groups is 1. The van der Waals surface area contributed by atoms with Gasteiger partial charge >= 0.3 is 0 Å². The summed E-state index contributed by atoms with van der Waals surface area (Å²) in [5.41, 5.74) is 1.06. The maximum Gasteiger partial charge on any atom is 0.243 e. The molecule has 1 aliphatic heterocycles. The molecule has 3 rings (SSSR count). The van der Waals surface area contributed by atoms with Crippen LogP contribution in [0.25, 0.3) is 0 Å². The molecule has 2 unspecified atom stereocenters. The van der Waals surface area contributed by atoms with Crippen LogP contribution in [0.1, 0.15) is 37.8 Å². The van der Waals surface area contributed by atoms with Crippen molar-refractivity contribution in [3.8, 4) is 5.75 Å². The first kappa shape index (κ1) is 21.3. The van der Waals surface area contributed by atoms with Crippen LogP contribution in [0, 0.1) is 5.92 Å². The second-order valence-electron chi connectivity index (χ2n) is 7.26. The number of piperidine rings is 1. The van der Waals surface area contributed by atoms with Crippen LogP contribution < -0.4 is 10.1 Å². The van der Waals surface area contributed by atoms with Crippen molar-refractivity contribution in [1.82, 2.24) is 9.62 Å². The van der Waals surface area contributed by atoms with E-state index >= 15 is 0 Å². The molecule has 1 N–H and O–H groups in total. The summed E-state index contributed by atoms with van der Waals surface area (Å²) < 4.78 is 32.5. The Morgan fingerprint density at radius 1 is 1.17 bits per heavy atom. The second-order valence-corrected chi connectivity index (χ2v) is 9.20. The molecule has 0 saturated carbocycles. The molecule has 1 heterocycles. The van der Waals surface area contributed by atoms with Gasteiger partial charge in [0.2, 0.25) is 15.9 Å². The predicted octanol–water partition coefficient (Wildman–Crippen LogP) is 3.36. The van der Waals surface area contributed by atoms with Gasteiger partial charge in [0.15, 0.2) is 0 Å². The number of nitrogens with zero attached hydrogens (tertiary/aromatic N) is 1. The van der Waals surface area contributed by atoms with Crippen molar-refractivity contribution >= 4 is 15.9 Å². The number of methoxy groups -OCH3 is 1. The van der Waals surface area contributed by atoms with Crippen LogP contribution in [0.2, 0.25) is 0 Å². The van der Waals surface area contributed by atoms with Gasteiger partial charge in [0.1, 0.15) is 5.75 Å². The Bertz CT molecular complexity index is 914. The molecule has 0 spiro atoms. The molecule has 1 aliphatic rings. The molecular formula is C22H28N2O4S. The van der Waals surface area contributed by atoms with Gasteiger partial charge in [-0.05, 0) is 49.1 Å². The largest absolute Gasteiger partial charge is 0.497 e. The molecule has 2 aromatic rings. The lowest BCUT2D eigenvalue weighted by Crippen LogP contribution is -2.46. The average Bonchev–Trinajstić information content (AvgIpc) is 2.78. The number of hydrogen-bond donors (Lipinski definition) is 1. The van der Waals surface area contributed by atoms with Crippen LogP contribution in [0.3, 0.4) is 0 Å². The summed E-state index contributed by atoms with van der Waals surface area (Å²) in [6.45, 7) is 2.65. The average molecular weight is 417 g/mol. The van der Waals surface area contributed by atoms with Crippen LogP contribution in [-0.4, -0.2) is 38.8 Å². The summed E-state index contributed by atoms with van der Waals surface area (Å²) in [6.07, 6.45) is 2.12. The summed E-state index contributed by atoms with van der Waals surface area (Å²) in [7, 11) is -2.10. The lowest BCUT2D eigenvalue weighted by Gasteiger charge is -2.32. The fraction of sp³-hybridized carbons (Fsp3) is 0.409. The Balaban J connectivity index is 1.69. The highest BCUT2D eigenvalue weighted by Crippen LogP contribution is 2.26. The Hall–Kier alpha value is -2.38. The lowest BCUT2D eigenvalue weighted by molar-refractivity contribution is -0.126. The minimum Gasteiger partial charge on any atom is -0.497 e. The lowest BCUT2D eigenvalue weighted by atomic mass is 9.97. The first-order chi connectivity index (χ1) is 14.0. The molecule has 2 aromatic carbocycles. The normalized spacial score (nSPS) is 18.8. The van der Waals surface area contributed by atoms with Gasteiger partial charge in [-0.25, -0.2) is 8.42 Å². The van der Waals surface area contributed by atoms with Crippen molar-refractivity contribution in [1.29, 1.82) is 0 Å². The number of nitrogens with one attached hydrogen (secondary N) is 1. The topological polar surface area (TPSA) is 75.7 Å². The van der Waals surface area contributed by atoms with Crippen LogP contribution in [-0.2, 0) is 14.8 Å². The molecule has 29 heavy (non-hydrogen) atoms. The quantitative estimate of drug-likeness (QED) is 0.751. The highest BCUT2D eigenvalue weighted by atomic mass is 32.2. The highest BCUT2D eigenvalue weighted by Gasteiger charge is 2.33. The van der Waals surface area contributed by atoms with Gasteiger partial charge in [-0.3, -0.25) is 4.79 Å². The molecule has 2 atom stereocenters. The first-order valence-corrected chi connectivity index (χ1v) is 11.4. The van der Waals surface area contributed by atoms with E-state index in [1.165, 1.54) is 11.4 Å². The van der Waals surface area contributed by atoms with E-state index < -0.39 is 10.0 Å². The molecule has 1 fully saturated rings. The smallest absolute Gasteiger partial charge is 0.243 e. The first-order valence-electron chi connectivity index (χ1n) is 9.95. The van der Waals surface area contributed by atoms with E-state index in [4.69, 9.17) is 4.74 Å². The summed E-state index contributed by atoms with van der Waals surface area (Å²) in [6, 6.07) is 16.1. The number of hydrogen-bond acceptors (Lipinski definition) is 4. The Morgan fingerprint density at radius 2 is 1.86 bits per heavy atom. The zero-order chi connectivity index (χ0) is 20.9. The van der Waals surface area contributed by atoms with Gasteiger partial charge in [-0.2, -0.15) is 4.31 Å². The van der Waals surface area contributed by atoms with E-state index in [0.29, 0.717) is 25.1 Å². The van der Waals surface area contributed by atoms with Crippen molar-refractivity contribution in [2.75, 3.05) is 20.2 Å². The van der Waals surface area contributed by atoms with Gasteiger partial charge in [0.25, 0.3) is 0 Å². The number of rotatable bonds is 7. The second kappa shape index (κ2) is 9.41. The van der Waals surface area contributed by atoms with Crippen LogP contribution in [0.15, 0.2) is 59.5 Å². The monoisotopic (exact) mass is 416 g/mol. The number of benzene rings is 2. The van der Waals surface area contributed by atoms with Gasteiger partial charge in [0.05, 0.1) is 24.0 Å². The van der Waals surface area contributed by atoms with Crippen molar-refractivity contribution in [3.05, 3.63) is 60.2 Å². The van der Waals surface area contributed by atoms with Crippen molar-refractivity contribution in [2.24, 2.45) is 5.92 Å². The Kier molecular flexibility index (Phi) is 6.92. The molecule has 0 bridgehead atoms. The molecule has 1 saturated heterocycles. The molecule has 0 aliphatic carbocycles. The van der Waals surface area contributed by atoms with Gasteiger partial charge in [-0.15, -0.1) is 0 Å². The van der Waals surface area contributed by atoms with E-state index in [0.717, 1.165) is 12.0 Å². The summed E-state index contributed by atoms with van der Waals surface area (Å²) >= 11 is 0. The van der Waals surface area contributed by atoms with Crippen molar-refractivity contribution < 1.29 is 17.9 Å². The van der Waals surface area contributed by atoms with Crippen molar-refractivity contribution in [3.63, 3.8) is 0 Å². The standard InChI is InChI=1S/C22H28N2O4S/c1-3-21(17-8-5-4-6-9-17)23-22(25)18-10-7-15-24(16-18)29(26,27)20-13-11-19(28-2)12-14-20/h4-6,8-9,11-14,18,21H,3,7,10,15-16H2,1-2H3,(H,23,25). The summed E-state index contributed by atoms with van der Waals surface area (Å²) in [4.78, 5) is 13.1. The van der Waals surface area contributed by atoms with Gasteiger partial charge in [-0.1, -0.05) is 37.3 Å². The van der Waals surface area contributed by atoms with Crippen LogP contribution >= 0.6 is 0 Å². The van der Waals surface area contributed by atoms with Crippen LogP contribution in [0.4, 0.5) is 0 Å². The fourth-order valence-electron chi connectivity index (χ4n) is 3.67. The van der Waals surface area contributed by atoms with E-state index in [1.807, 2.05) is 37.3 Å². The van der Waals surface area contributed by atoms with Gasteiger partial charge < -0.3 is 10.1 Å². The number of carbonyl (C=O) groups excluding carboxylic acids is 1. The molecule has 1 amide bonds. The van der Waals surface area contributed by atoms with Gasteiger partial charge in [0, 0.05) is 13.1 Å². The highest BCUT2D eigenvalue weighted by molar-refractivity contribution is 7.89. The van der Waals surface area contributed by atoms with E-state index in [1.54, 1.807) is 24.3 Å².